The number of alkyl halides is 1. The molecule has 1 aromatic rings. The molecule has 1 aromatic carbocycles. The molecule has 0 aliphatic rings. The third kappa shape index (κ3) is 3.76. The van der Waals surface area contributed by atoms with Crippen LogP contribution < -0.4 is 0 Å². The highest BCUT2D eigenvalue weighted by atomic mass is 79.9. The predicted molar refractivity (Wildman–Crippen MR) is 80.8 cm³/mol. The van der Waals surface area contributed by atoms with Gasteiger partial charge in [-0.25, -0.2) is 0 Å². The molecule has 1 amide bonds. The second-order valence-electron chi connectivity index (χ2n) is 4.77. The van der Waals surface area contributed by atoms with Gasteiger partial charge < -0.3 is 4.90 Å². The second kappa shape index (κ2) is 6.00. The summed E-state index contributed by atoms with van der Waals surface area (Å²) >= 11 is 6.53. The number of nitrogens with zero attached hydrogens (tertiary/aromatic N) is 2. The highest BCUT2D eigenvalue weighted by Gasteiger charge is 2.28. The fraction of sp³-hybridized carbons (Fsp3) is 0.417. The Morgan fingerprint density at radius 2 is 2.00 bits per heavy atom. The van der Waals surface area contributed by atoms with Crippen molar-refractivity contribution >= 4 is 43.5 Å². The monoisotopic (exact) mass is 392 g/mol. The lowest BCUT2D eigenvalue weighted by molar-refractivity contribution is -0.385. The molecule has 5 nitrogen and oxygen atoms in total. The molecular formula is C12H14Br2N2O3. The van der Waals surface area contributed by atoms with Crippen LogP contribution in [0.25, 0.3) is 0 Å². The average molecular weight is 394 g/mol. The lowest BCUT2D eigenvalue weighted by atomic mass is 10.0. The number of halogens is 2. The molecule has 104 valence electrons. The Labute approximate surface area is 128 Å². The largest absolute Gasteiger partial charge is 0.336 e. The van der Waals surface area contributed by atoms with Gasteiger partial charge >= 0.3 is 0 Å². The summed E-state index contributed by atoms with van der Waals surface area (Å²) in [6, 6.07) is 4.23. The third-order valence-electron chi connectivity index (χ3n) is 2.88. The van der Waals surface area contributed by atoms with E-state index in [9.17, 15) is 14.9 Å². The van der Waals surface area contributed by atoms with Crippen LogP contribution in [0.15, 0.2) is 22.7 Å². The van der Waals surface area contributed by atoms with Crippen molar-refractivity contribution in [3.63, 3.8) is 0 Å². The van der Waals surface area contributed by atoms with Crippen molar-refractivity contribution in [1.29, 1.82) is 0 Å². The van der Waals surface area contributed by atoms with Crippen LogP contribution in [0.4, 0.5) is 5.69 Å². The minimum atomic E-state index is -0.517. The Balaban J connectivity index is 3.16. The summed E-state index contributed by atoms with van der Waals surface area (Å²) in [5.74, 6) is -0.256. The zero-order chi connectivity index (χ0) is 14.8. The number of benzene rings is 1. The molecule has 19 heavy (non-hydrogen) atoms. The lowest BCUT2D eigenvalue weighted by Crippen LogP contribution is -2.46. The Bertz CT molecular complexity index is 518. The summed E-state index contributed by atoms with van der Waals surface area (Å²) in [5.41, 5.74) is -0.200. The fourth-order valence-corrected chi connectivity index (χ4v) is 2.22. The van der Waals surface area contributed by atoms with E-state index in [1.807, 2.05) is 13.8 Å². The van der Waals surface area contributed by atoms with Crippen LogP contribution in [0, 0.1) is 10.1 Å². The van der Waals surface area contributed by atoms with Gasteiger partial charge in [-0.2, -0.15) is 0 Å². The number of hydrogen-bond acceptors (Lipinski definition) is 3. The van der Waals surface area contributed by atoms with Gasteiger partial charge in [0, 0.05) is 40.1 Å². The van der Waals surface area contributed by atoms with Crippen LogP contribution in [-0.2, 0) is 0 Å². The fourth-order valence-electron chi connectivity index (χ4n) is 1.36. The van der Waals surface area contributed by atoms with E-state index in [1.54, 1.807) is 18.0 Å². The van der Waals surface area contributed by atoms with Gasteiger partial charge in [-0.3, -0.25) is 14.9 Å². The standard InChI is InChI=1S/C12H14Br2N2O3/c1-12(2,7-13)15(3)11(17)8-4-9(14)6-10(5-8)16(18)19/h4-6H,7H2,1-3H3. The molecular weight excluding hydrogens is 380 g/mol. The lowest BCUT2D eigenvalue weighted by Gasteiger charge is -2.34. The molecule has 0 bridgehead atoms. The SMILES string of the molecule is CN(C(=O)c1cc(Br)cc([N+](=O)[O-])c1)C(C)(C)CBr. The minimum Gasteiger partial charge on any atom is -0.336 e. The summed E-state index contributed by atoms with van der Waals surface area (Å²) in [6.45, 7) is 3.82. The van der Waals surface area contributed by atoms with Gasteiger partial charge in [-0.1, -0.05) is 31.9 Å². The topological polar surface area (TPSA) is 63.5 Å². The zero-order valence-electron chi connectivity index (χ0n) is 10.8. The van der Waals surface area contributed by atoms with Crippen molar-refractivity contribution in [3.8, 4) is 0 Å². The zero-order valence-corrected chi connectivity index (χ0v) is 14.0. The number of hydrogen-bond donors (Lipinski definition) is 0. The van der Waals surface area contributed by atoms with Crippen LogP contribution in [0.3, 0.4) is 0 Å². The quantitative estimate of drug-likeness (QED) is 0.446. The number of nitro benzene ring substituents is 1. The third-order valence-corrected chi connectivity index (χ3v) is 4.71. The summed E-state index contributed by atoms with van der Waals surface area (Å²) < 4.78 is 0.509. The van der Waals surface area contributed by atoms with Crippen molar-refractivity contribution in [3.05, 3.63) is 38.3 Å². The van der Waals surface area contributed by atoms with Gasteiger partial charge in [0.25, 0.3) is 11.6 Å². The first-order chi connectivity index (χ1) is 8.69. The summed E-state index contributed by atoms with van der Waals surface area (Å²) in [7, 11) is 1.68. The van der Waals surface area contributed by atoms with Crippen LogP contribution in [0.2, 0.25) is 0 Å². The molecule has 0 unspecified atom stereocenters. The first kappa shape index (κ1) is 16.1. The molecule has 0 saturated heterocycles. The molecule has 0 fully saturated rings. The molecule has 0 N–H and O–H groups in total. The van der Waals surface area contributed by atoms with Crippen molar-refractivity contribution in [2.75, 3.05) is 12.4 Å². The smallest absolute Gasteiger partial charge is 0.271 e. The van der Waals surface area contributed by atoms with Crippen molar-refractivity contribution in [1.82, 2.24) is 4.90 Å². The highest BCUT2D eigenvalue weighted by Crippen LogP contribution is 2.24. The Kier molecular flexibility index (Phi) is 5.09. The van der Waals surface area contributed by atoms with Crippen molar-refractivity contribution < 1.29 is 9.72 Å². The molecule has 7 heteroatoms. The Morgan fingerprint density at radius 3 is 2.47 bits per heavy atom. The molecule has 0 atom stereocenters. The van der Waals surface area contributed by atoms with E-state index in [2.05, 4.69) is 31.9 Å². The van der Waals surface area contributed by atoms with Gasteiger partial charge in [0.15, 0.2) is 0 Å². The summed E-state index contributed by atoms with van der Waals surface area (Å²) in [4.78, 5) is 24.2. The number of rotatable bonds is 4. The summed E-state index contributed by atoms with van der Waals surface area (Å²) in [5, 5.41) is 11.4. The normalized spacial score (nSPS) is 11.2. The van der Waals surface area contributed by atoms with Gasteiger partial charge in [-0.15, -0.1) is 0 Å². The highest BCUT2D eigenvalue weighted by molar-refractivity contribution is 9.10. The second-order valence-corrected chi connectivity index (χ2v) is 6.24. The molecule has 1 rings (SSSR count). The minimum absolute atomic E-state index is 0.109. The van der Waals surface area contributed by atoms with E-state index >= 15 is 0 Å². The number of carbonyl (C=O) groups is 1. The van der Waals surface area contributed by atoms with Gasteiger partial charge in [0.2, 0.25) is 0 Å². The molecule has 0 radical (unpaired) electrons. The molecule has 0 spiro atoms. The maximum atomic E-state index is 12.3. The van der Waals surface area contributed by atoms with Crippen LogP contribution in [0.5, 0.6) is 0 Å². The van der Waals surface area contributed by atoms with E-state index in [0.717, 1.165) is 0 Å². The molecule has 0 heterocycles. The number of carbonyl (C=O) groups excluding carboxylic acids is 1. The first-order valence-corrected chi connectivity index (χ1v) is 7.39. The van der Waals surface area contributed by atoms with E-state index < -0.39 is 4.92 Å². The van der Waals surface area contributed by atoms with Crippen LogP contribution >= 0.6 is 31.9 Å². The maximum absolute atomic E-state index is 12.3. The number of non-ortho nitro benzene ring substituents is 1. The maximum Gasteiger partial charge on any atom is 0.271 e. The molecule has 0 aliphatic heterocycles. The Morgan fingerprint density at radius 1 is 1.42 bits per heavy atom. The predicted octanol–water partition coefficient (Wildman–Crippen LogP) is 3.60. The molecule has 0 saturated carbocycles. The average Bonchev–Trinajstić information content (AvgIpc) is 2.36. The van der Waals surface area contributed by atoms with Crippen molar-refractivity contribution in [2.45, 2.75) is 19.4 Å². The molecule has 0 aromatic heterocycles. The van der Waals surface area contributed by atoms with E-state index in [0.29, 0.717) is 9.80 Å². The van der Waals surface area contributed by atoms with Gasteiger partial charge in [-0.05, 0) is 19.9 Å². The number of amides is 1. The molecule has 0 aliphatic carbocycles. The number of nitro groups is 1. The van der Waals surface area contributed by atoms with Crippen molar-refractivity contribution in [2.24, 2.45) is 0 Å². The van der Waals surface area contributed by atoms with E-state index in [-0.39, 0.29) is 22.7 Å². The van der Waals surface area contributed by atoms with Crippen LogP contribution in [-0.4, -0.2) is 33.6 Å². The van der Waals surface area contributed by atoms with E-state index in [4.69, 9.17) is 0 Å². The Hall–Kier alpha value is -0.950. The van der Waals surface area contributed by atoms with Gasteiger partial charge in [0.1, 0.15) is 0 Å². The first-order valence-electron chi connectivity index (χ1n) is 5.48. The van der Waals surface area contributed by atoms with Crippen LogP contribution in [0.1, 0.15) is 24.2 Å². The summed E-state index contributed by atoms with van der Waals surface area (Å²) in [6.07, 6.45) is 0. The van der Waals surface area contributed by atoms with E-state index in [1.165, 1.54) is 12.1 Å². The van der Waals surface area contributed by atoms with Gasteiger partial charge in [0.05, 0.1) is 4.92 Å².